The Kier molecular flexibility index (Phi) is 7.35. The molecule has 0 aromatic heterocycles. The summed E-state index contributed by atoms with van der Waals surface area (Å²) in [4.78, 5) is 15.2. The van der Waals surface area contributed by atoms with Crippen LogP contribution in [0.5, 0.6) is 0 Å². The molecular formula is C17H23ClF3N3O3S. The Hall–Kier alpha value is -1.36. The van der Waals surface area contributed by atoms with Crippen molar-refractivity contribution in [3.8, 4) is 0 Å². The summed E-state index contributed by atoms with van der Waals surface area (Å²) in [6, 6.07) is 2.26. The first-order valence-corrected chi connectivity index (χ1v) is 10.6. The third-order valence-corrected chi connectivity index (χ3v) is 6.35. The molecule has 1 unspecified atom stereocenters. The Balaban J connectivity index is 1.95. The molecule has 28 heavy (non-hydrogen) atoms. The molecule has 1 heterocycles. The van der Waals surface area contributed by atoms with Gasteiger partial charge < -0.3 is 4.90 Å². The van der Waals surface area contributed by atoms with Gasteiger partial charge in [-0.2, -0.15) is 13.2 Å². The highest BCUT2D eigenvalue weighted by Gasteiger charge is 2.34. The third-order valence-electron chi connectivity index (χ3n) is 4.56. The number of hydrogen-bond donors (Lipinski definition) is 1. The van der Waals surface area contributed by atoms with Crippen LogP contribution in [-0.2, 0) is 21.0 Å². The van der Waals surface area contributed by atoms with E-state index in [-0.39, 0.29) is 18.5 Å². The topological polar surface area (TPSA) is 69.7 Å². The van der Waals surface area contributed by atoms with Gasteiger partial charge >= 0.3 is 6.18 Å². The average Bonchev–Trinajstić information content (AvgIpc) is 3.05. The number of sulfonamides is 1. The number of halogens is 4. The number of rotatable bonds is 7. The number of benzene rings is 1. The predicted octanol–water partition coefficient (Wildman–Crippen LogP) is 2.58. The Bertz CT molecular complexity index is 816. The first-order chi connectivity index (χ1) is 12.9. The van der Waals surface area contributed by atoms with Crippen molar-refractivity contribution in [3.63, 3.8) is 0 Å². The van der Waals surface area contributed by atoms with E-state index < -0.39 is 31.7 Å². The van der Waals surface area contributed by atoms with Gasteiger partial charge in [-0.15, -0.1) is 0 Å². The molecule has 0 aliphatic carbocycles. The van der Waals surface area contributed by atoms with Crippen LogP contribution in [0.4, 0.5) is 13.2 Å². The van der Waals surface area contributed by atoms with E-state index in [2.05, 4.69) is 4.72 Å². The minimum absolute atomic E-state index is 0.0129. The molecule has 1 fully saturated rings. The van der Waals surface area contributed by atoms with Crippen LogP contribution in [-0.4, -0.2) is 63.9 Å². The molecule has 2 rings (SSSR count). The van der Waals surface area contributed by atoms with Crippen LogP contribution in [0.25, 0.3) is 0 Å². The molecule has 158 valence electrons. The van der Waals surface area contributed by atoms with Gasteiger partial charge in [-0.1, -0.05) is 11.6 Å². The molecule has 1 N–H and O–H groups in total. The largest absolute Gasteiger partial charge is 0.417 e. The van der Waals surface area contributed by atoms with Crippen LogP contribution in [0.3, 0.4) is 0 Å². The summed E-state index contributed by atoms with van der Waals surface area (Å²) in [5, 5.41) is -0.558. The number of amides is 1. The number of likely N-dealkylation sites (N-methyl/N-ethyl adjacent to an activating group) is 1. The number of hydrogen-bond acceptors (Lipinski definition) is 4. The van der Waals surface area contributed by atoms with Gasteiger partial charge in [-0.05, 0) is 44.0 Å². The summed E-state index contributed by atoms with van der Waals surface area (Å²) >= 11 is 5.52. The van der Waals surface area contributed by atoms with Gasteiger partial charge in [0.15, 0.2) is 0 Å². The lowest BCUT2D eigenvalue weighted by Crippen LogP contribution is -2.43. The second-order valence-corrected chi connectivity index (χ2v) is 8.99. The molecule has 11 heteroatoms. The van der Waals surface area contributed by atoms with Gasteiger partial charge in [-0.25, -0.2) is 13.1 Å². The van der Waals surface area contributed by atoms with Crippen molar-refractivity contribution in [1.82, 2.24) is 14.5 Å². The molecule has 1 aliphatic rings. The monoisotopic (exact) mass is 441 g/mol. The molecule has 1 amide bonds. The SMILES string of the molecule is CN(C)C(=O)C1CCCN1CCCNS(=O)(=O)c1ccc(Cl)c(C(F)(F)F)c1. The van der Waals surface area contributed by atoms with E-state index in [9.17, 15) is 26.4 Å². The Morgan fingerprint density at radius 2 is 2.04 bits per heavy atom. The van der Waals surface area contributed by atoms with E-state index in [1.54, 1.807) is 14.1 Å². The van der Waals surface area contributed by atoms with Crippen LogP contribution >= 0.6 is 11.6 Å². The van der Waals surface area contributed by atoms with Crippen molar-refractivity contribution < 1.29 is 26.4 Å². The number of nitrogens with zero attached hydrogens (tertiary/aromatic N) is 2. The van der Waals surface area contributed by atoms with Crippen molar-refractivity contribution in [2.45, 2.75) is 36.4 Å². The Morgan fingerprint density at radius 1 is 1.36 bits per heavy atom. The summed E-state index contributed by atoms with van der Waals surface area (Å²) < 4.78 is 65.6. The van der Waals surface area contributed by atoms with Crippen molar-refractivity contribution in [2.75, 3.05) is 33.7 Å². The molecule has 1 saturated heterocycles. The molecule has 1 aromatic carbocycles. The summed E-state index contributed by atoms with van der Waals surface area (Å²) in [6.07, 6.45) is -2.67. The lowest BCUT2D eigenvalue weighted by molar-refractivity contribution is -0.137. The van der Waals surface area contributed by atoms with E-state index in [4.69, 9.17) is 11.6 Å². The summed E-state index contributed by atoms with van der Waals surface area (Å²) in [5.41, 5.74) is -1.20. The minimum Gasteiger partial charge on any atom is -0.347 e. The molecule has 0 radical (unpaired) electrons. The molecule has 1 aromatic rings. The lowest BCUT2D eigenvalue weighted by atomic mass is 10.2. The van der Waals surface area contributed by atoms with E-state index in [0.717, 1.165) is 31.5 Å². The molecule has 1 aliphatic heterocycles. The van der Waals surface area contributed by atoms with Crippen molar-refractivity contribution in [2.24, 2.45) is 0 Å². The maximum atomic E-state index is 12.9. The molecule has 0 saturated carbocycles. The number of alkyl halides is 3. The van der Waals surface area contributed by atoms with Gasteiger partial charge in [-0.3, -0.25) is 9.69 Å². The maximum absolute atomic E-state index is 12.9. The fourth-order valence-corrected chi connectivity index (χ4v) is 4.46. The van der Waals surface area contributed by atoms with Gasteiger partial charge in [0, 0.05) is 27.2 Å². The first-order valence-electron chi connectivity index (χ1n) is 8.75. The van der Waals surface area contributed by atoms with Crippen LogP contribution in [0.2, 0.25) is 5.02 Å². The Labute approximate surface area is 167 Å². The highest BCUT2D eigenvalue weighted by atomic mass is 35.5. The van der Waals surface area contributed by atoms with Crippen LogP contribution in [0.1, 0.15) is 24.8 Å². The van der Waals surface area contributed by atoms with E-state index in [1.807, 2.05) is 4.90 Å². The van der Waals surface area contributed by atoms with Gasteiger partial charge in [0.2, 0.25) is 15.9 Å². The van der Waals surface area contributed by atoms with Gasteiger partial charge in [0.05, 0.1) is 21.5 Å². The quantitative estimate of drug-likeness (QED) is 0.660. The van der Waals surface area contributed by atoms with Gasteiger partial charge in [0.1, 0.15) is 0 Å². The van der Waals surface area contributed by atoms with Gasteiger partial charge in [0.25, 0.3) is 0 Å². The van der Waals surface area contributed by atoms with E-state index >= 15 is 0 Å². The fourth-order valence-electron chi connectivity index (χ4n) is 3.13. The second kappa shape index (κ2) is 8.98. The number of likely N-dealkylation sites (tertiary alicyclic amines) is 1. The first kappa shape index (κ1) is 22.9. The number of carbonyl (C=O) groups is 1. The maximum Gasteiger partial charge on any atom is 0.417 e. The smallest absolute Gasteiger partial charge is 0.347 e. The molecular weight excluding hydrogens is 419 g/mol. The number of nitrogens with one attached hydrogen (secondary N) is 1. The summed E-state index contributed by atoms with van der Waals surface area (Å²) in [5.74, 6) is 0.0129. The standard InChI is InChI=1S/C17H23ClF3N3O3S/c1-23(2)16(25)15-5-3-9-24(15)10-4-8-22-28(26,27)12-6-7-14(18)13(11-12)17(19,20)21/h6-7,11,15,22H,3-5,8-10H2,1-2H3. The van der Waals surface area contributed by atoms with Crippen LogP contribution in [0, 0.1) is 0 Å². The normalized spacial score (nSPS) is 18.4. The van der Waals surface area contributed by atoms with Crippen molar-refractivity contribution in [3.05, 3.63) is 28.8 Å². The van der Waals surface area contributed by atoms with Crippen LogP contribution < -0.4 is 4.72 Å². The third kappa shape index (κ3) is 5.59. The van der Waals surface area contributed by atoms with Crippen molar-refractivity contribution in [1.29, 1.82) is 0 Å². The molecule has 0 bridgehead atoms. The minimum atomic E-state index is -4.74. The molecule has 1 atom stereocenters. The fraction of sp³-hybridized carbons (Fsp3) is 0.588. The van der Waals surface area contributed by atoms with E-state index in [1.165, 1.54) is 4.90 Å². The lowest BCUT2D eigenvalue weighted by Gasteiger charge is -2.26. The highest BCUT2D eigenvalue weighted by Crippen LogP contribution is 2.35. The van der Waals surface area contributed by atoms with E-state index in [0.29, 0.717) is 19.0 Å². The predicted molar refractivity (Wildman–Crippen MR) is 99.5 cm³/mol. The molecule has 6 nitrogen and oxygen atoms in total. The molecule has 0 spiro atoms. The van der Waals surface area contributed by atoms with Crippen LogP contribution in [0.15, 0.2) is 23.1 Å². The summed E-state index contributed by atoms with van der Waals surface area (Å²) in [6.45, 7) is 1.32. The zero-order chi connectivity index (χ0) is 21.1. The number of carbonyl (C=O) groups excluding carboxylic acids is 1. The zero-order valence-corrected chi connectivity index (χ0v) is 17.2. The average molecular weight is 442 g/mol. The van der Waals surface area contributed by atoms with Crippen molar-refractivity contribution >= 4 is 27.5 Å². The Morgan fingerprint density at radius 3 is 2.64 bits per heavy atom. The second-order valence-electron chi connectivity index (χ2n) is 6.82. The summed E-state index contributed by atoms with van der Waals surface area (Å²) in [7, 11) is -0.724. The highest BCUT2D eigenvalue weighted by molar-refractivity contribution is 7.89. The zero-order valence-electron chi connectivity index (χ0n) is 15.6.